The number of aromatic nitrogens is 2. The number of carbonyl (C=O) groups excluding carboxylic acids is 1. The van der Waals surface area contributed by atoms with Crippen molar-refractivity contribution in [3.05, 3.63) is 70.8 Å². The summed E-state index contributed by atoms with van der Waals surface area (Å²) in [6, 6.07) is 14.1. The van der Waals surface area contributed by atoms with Gasteiger partial charge >= 0.3 is 0 Å². The van der Waals surface area contributed by atoms with Crippen molar-refractivity contribution in [3.8, 4) is 5.75 Å². The summed E-state index contributed by atoms with van der Waals surface area (Å²) in [6.07, 6.45) is 0. The number of hydrogen-bond acceptors (Lipinski definition) is 4. The molecule has 4 rings (SSSR count). The van der Waals surface area contributed by atoms with Gasteiger partial charge in [0.25, 0.3) is 5.91 Å². The first-order chi connectivity index (χ1) is 14.0. The molecule has 3 aromatic rings. The lowest BCUT2D eigenvalue weighted by Gasteiger charge is -2.27. The van der Waals surface area contributed by atoms with Crippen LogP contribution in [0.3, 0.4) is 0 Å². The lowest BCUT2D eigenvalue weighted by atomic mass is 10.2. The molecule has 2 aromatic carbocycles. The van der Waals surface area contributed by atoms with E-state index in [1.165, 1.54) is 11.0 Å². The summed E-state index contributed by atoms with van der Waals surface area (Å²) in [5.41, 5.74) is 2.39. The molecule has 0 saturated carbocycles. The van der Waals surface area contributed by atoms with Crippen molar-refractivity contribution in [1.29, 1.82) is 0 Å². The third-order valence-corrected chi connectivity index (χ3v) is 5.26. The van der Waals surface area contributed by atoms with E-state index in [1.807, 2.05) is 36.2 Å². The molecule has 29 heavy (non-hydrogen) atoms. The lowest BCUT2D eigenvalue weighted by Crippen LogP contribution is -2.41. The number of nitrogens with zero attached hydrogens (tertiary/aromatic N) is 4. The zero-order valence-electron chi connectivity index (χ0n) is 16.1. The van der Waals surface area contributed by atoms with Gasteiger partial charge in [0, 0.05) is 19.3 Å². The minimum Gasteiger partial charge on any atom is -0.497 e. The second kappa shape index (κ2) is 7.75. The van der Waals surface area contributed by atoms with Crippen molar-refractivity contribution in [1.82, 2.24) is 9.78 Å². The van der Waals surface area contributed by atoms with Gasteiger partial charge in [-0.25, -0.2) is 4.39 Å². The predicted molar refractivity (Wildman–Crippen MR) is 110 cm³/mol. The van der Waals surface area contributed by atoms with Crippen LogP contribution in [0.15, 0.2) is 48.5 Å². The molecule has 0 atom stereocenters. The molecule has 6 nitrogen and oxygen atoms in total. The van der Waals surface area contributed by atoms with Crippen LogP contribution in [-0.4, -0.2) is 36.4 Å². The molecule has 8 heteroatoms. The van der Waals surface area contributed by atoms with Gasteiger partial charge in [0.15, 0.2) is 5.82 Å². The number of ether oxygens (including phenoxy) is 1. The summed E-state index contributed by atoms with van der Waals surface area (Å²) in [4.78, 5) is 16.4. The van der Waals surface area contributed by atoms with Gasteiger partial charge in [0.05, 0.1) is 36.6 Å². The number of anilines is 2. The molecule has 1 amide bonds. The largest absolute Gasteiger partial charge is 0.497 e. The maximum absolute atomic E-state index is 14.4. The second-order valence-electron chi connectivity index (χ2n) is 6.83. The van der Waals surface area contributed by atoms with E-state index in [1.54, 1.807) is 30.0 Å². The van der Waals surface area contributed by atoms with Crippen molar-refractivity contribution in [2.45, 2.75) is 13.1 Å². The monoisotopic (exact) mass is 414 g/mol. The van der Waals surface area contributed by atoms with Crippen molar-refractivity contribution in [2.24, 2.45) is 0 Å². The van der Waals surface area contributed by atoms with Crippen LogP contribution in [0.4, 0.5) is 15.8 Å². The Morgan fingerprint density at radius 2 is 1.97 bits per heavy atom. The van der Waals surface area contributed by atoms with E-state index in [0.29, 0.717) is 25.3 Å². The molecule has 2 heterocycles. The average Bonchev–Trinajstić information content (AvgIpc) is 3.14. The topological polar surface area (TPSA) is 50.6 Å². The van der Waals surface area contributed by atoms with Gasteiger partial charge in [0.2, 0.25) is 0 Å². The van der Waals surface area contributed by atoms with E-state index in [9.17, 15) is 9.18 Å². The Hall–Kier alpha value is -3.06. The number of amides is 1. The number of halogens is 2. The van der Waals surface area contributed by atoms with Crippen LogP contribution < -0.4 is 14.5 Å². The lowest BCUT2D eigenvalue weighted by molar-refractivity contribution is 0.0961. The molecule has 1 aromatic heterocycles. The summed E-state index contributed by atoms with van der Waals surface area (Å²) in [5.74, 6) is -0.0863. The fourth-order valence-electron chi connectivity index (χ4n) is 3.43. The van der Waals surface area contributed by atoms with Crippen LogP contribution in [0.25, 0.3) is 0 Å². The first kappa shape index (κ1) is 19.3. The second-order valence-corrected chi connectivity index (χ2v) is 7.24. The van der Waals surface area contributed by atoms with Crippen LogP contribution in [0, 0.1) is 5.82 Å². The van der Waals surface area contributed by atoms with Gasteiger partial charge in [-0.05, 0) is 42.5 Å². The van der Waals surface area contributed by atoms with Gasteiger partial charge in [-0.2, -0.15) is 5.10 Å². The summed E-state index contributed by atoms with van der Waals surface area (Å²) < 4.78 is 21.3. The van der Waals surface area contributed by atoms with Crippen LogP contribution in [0.1, 0.15) is 16.2 Å². The Balaban J connectivity index is 1.54. The van der Waals surface area contributed by atoms with Crippen LogP contribution >= 0.6 is 11.6 Å². The molecule has 1 aliphatic rings. The first-order valence-corrected chi connectivity index (χ1v) is 9.53. The van der Waals surface area contributed by atoms with Crippen LogP contribution in [-0.2, 0) is 13.1 Å². The number of benzene rings is 2. The van der Waals surface area contributed by atoms with E-state index >= 15 is 0 Å². The van der Waals surface area contributed by atoms with Gasteiger partial charge in [-0.3, -0.25) is 9.48 Å². The highest BCUT2D eigenvalue weighted by molar-refractivity contribution is 6.31. The van der Waals surface area contributed by atoms with Crippen molar-refractivity contribution >= 4 is 28.9 Å². The van der Waals surface area contributed by atoms with Gasteiger partial charge in [0.1, 0.15) is 11.4 Å². The van der Waals surface area contributed by atoms with Crippen molar-refractivity contribution in [2.75, 3.05) is 30.5 Å². The van der Waals surface area contributed by atoms with Crippen molar-refractivity contribution in [3.63, 3.8) is 0 Å². The van der Waals surface area contributed by atoms with Crippen molar-refractivity contribution < 1.29 is 13.9 Å². The molecule has 0 spiro atoms. The number of rotatable bonds is 5. The molecule has 0 fully saturated rings. The summed E-state index contributed by atoms with van der Waals surface area (Å²) in [7, 11) is 3.58. The van der Waals surface area contributed by atoms with E-state index < -0.39 is 5.82 Å². The number of fused-ring (bicyclic) bond motifs is 1. The normalized spacial score (nSPS) is 13.4. The molecule has 0 radical (unpaired) electrons. The first-order valence-electron chi connectivity index (χ1n) is 9.15. The molecular weight excluding hydrogens is 395 g/mol. The highest BCUT2D eigenvalue weighted by Crippen LogP contribution is 2.29. The summed E-state index contributed by atoms with van der Waals surface area (Å²) >= 11 is 5.88. The molecular formula is C21H20ClFN4O2. The van der Waals surface area contributed by atoms with E-state index in [2.05, 4.69) is 5.10 Å². The summed E-state index contributed by atoms with van der Waals surface area (Å²) in [6.45, 7) is 1.35. The van der Waals surface area contributed by atoms with Crippen LogP contribution in [0.2, 0.25) is 5.02 Å². The third-order valence-electron chi connectivity index (χ3n) is 4.96. The van der Waals surface area contributed by atoms with Gasteiger partial charge in [-0.15, -0.1) is 0 Å². The Morgan fingerprint density at radius 3 is 2.69 bits per heavy atom. The molecule has 0 aliphatic carbocycles. The number of hydrogen-bond donors (Lipinski definition) is 0. The fraction of sp³-hybridized carbons (Fsp3) is 0.238. The zero-order chi connectivity index (χ0) is 20.5. The van der Waals surface area contributed by atoms with E-state index in [4.69, 9.17) is 16.3 Å². The SMILES string of the molecule is COc1ccc(N(C)Cc2cc3n(n2)CCN(c2cccc(Cl)c2F)C3=O)cc1. The highest BCUT2D eigenvalue weighted by Gasteiger charge is 2.29. The Morgan fingerprint density at radius 1 is 1.21 bits per heavy atom. The quantitative estimate of drug-likeness (QED) is 0.633. The van der Waals surface area contributed by atoms with Gasteiger partial charge < -0.3 is 14.5 Å². The minimum absolute atomic E-state index is 0.00353. The Bertz CT molecular complexity index is 1050. The number of carbonyl (C=O) groups is 1. The molecule has 0 saturated heterocycles. The van der Waals surface area contributed by atoms with Crippen LogP contribution in [0.5, 0.6) is 5.75 Å². The Labute approximate surface area is 173 Å². The number of methoxy groups -OCH3 is 1. The van der Waals surface area contributed by atoms with E-state index in [0.717, 1.165) is 17.1 Å². The average molecular weight is 415 g/mol. The summed E-state index contributed by atoms with van der Waals surface area (Å²) in [5, 5.41) is 4.55. The highest BCUT2D eigenvalue weighted by atomic mass is 35.5. The van der Waals surface area contributed by atoms with E-state index in [-0.39, 0.29) is 16.6 Å². The molecule has 0 N–H and O–H groups in total. The maximum atomic E-state index is 14.4. The third kappa shape index (κ3) is 3.65. The standard InChI is InChI=1S/C21H20ClFN4O2/c1-25(15-6-8-16(29-2)9-7-15)13-14-12-19-21(28)26(10-11-27(19)24-14)18-5-3-4-17(22)20(18)23/h3-9,12H,10-11,13H2,1-2H3. The smallest absolute Gasteiger partial charge is 0.276 e. The van der Waals surface area contributed by atoms with Gasteiger partial charge in [-0.1, -0.05) is 17.7 Å². The molecule has 0 bridgehead atoms. The molecule has 150 valence electrons. The fourth-order valence-corrected chi connectivity index (χ4v) is 3.60. The maximum Gasteiger partial charge on any atom is 0.276 e. The predicted octanol–water partition coefficient (Wildman–Crippen LogP) is 3.98. The molecule has 0 unspecified atom stereocenters. The zero-order valence-corrected chi connectivity index (χ0v) is 16.9. The molecule has 1 aliphatic heterocycles. The Kier molecular flexibility index (Phi) is 5.15. The minimum atomic E-state index is -0.588.